The molecule has 18 nitrogen and oxygen atoms in total. The van der Waals surface area contributed by atoms with Gasteiger partial charge in [-0.1, -0.05) is 12.1 Å². The molecule has 0 aliphatic carbocycles. The summed E-state index contributed by atoms with van der Waals surface area (Å²) in [5, 5.41) is 35.6. The predicted molar refractivity (Wildman–Crippen MR) is 149 cm³/mol. The maximum absolute atomic E-state index is 13.5. The van der Waals surface area contributed by atoms with Gasteiger partial charge in [-0.05, 0) is 43.9 Å². The number of carbonyl (C=O) groups is 6. The number of nitrogens with two attached hydrogens (primary N) is 1. The first kappa shape index (κ1) is 36.1. The van der Waals surface area contributed by atoms with Gasteiger partial charge in [-0.25, -0.2) is 9.36 Å². The number of aliphatic carboxylic acids is 2. The Labute approximate surface area is 251 Å². The van der Waals surface area contributed by atoms with Crippen molar-refractivity contribution in [2.75, 3.05) is 13.1 Å². The molecule has 0 saturated carbocycles. The number of likely N-dealkylation sites (tertiary alicyclic amines) is 1. The SMILES string of the molecule is C[C@@H](O)[C@H](NC(=O)[C@H](Cc1ccc(OP(=O)(O)O)cc1)NC(=O)CN)C(=O)N1CCC[C@H]1C(=O)N[C@@H](CCC(=O)O)C(=O)O. The molecule has 1 aromatic carbocycles. The number of amides is 4. The summed E-state index contributed by atoms with van der Waals surface area (Å²) in [6.45, 7) is 0.777. The van der Waals surface area contributed by atoms with Crippen molar-refractivity contribution >= 4 is 43.4 Å². The lowest BCUT2D eigenvalue weighted by atomic mass is 10.0. The number of phosphoric acid groups is 1. The maximum Gasteiger partial charge on any atom is 0.524 e. The number of carbonyl (C=O) groups excluding carboxylic acids is 4. The maximum atomic E-state index is 13.5. The number of benzene rings is 1. The van der Waals surface area contributed by atoms with Crippen molar-refractivity contribution < 1.29 is 63.0 Å². The molecule has 0 radical (unpaired) electrons. The van der Waals surface area contributed by atoms with Crippen LogP contribution in [0.25, 0.3) is 0 Å². The number of hydrogen-bond donors (Lipinski definition) is 9. The van der Waals surface area contributed by atoms with Crippen molar-refractivity contribution in [2.45, 2.75) is 69.3 Å². The van der Waals surface area contributed by atoms with Crippen molar-refractivity contribution in [3.05, 3.63) is 29.8 Å². The van der Waals surface area contributed by atoms with Crippen LogP contribution in [0.3, 0.4) is 0 Å². The number of aliphatic hydroxyl groups is 1. The minimum absolute atomic E-state index is 0.0409. The second kappa shape index (κ2) is 16.1. The van der Waals surface area contributed by atoms with Gasteiger partial charge in [0.25, 0.3) is 0 Å². The molecular weight excluding hydrogens is 609 g/mol. The number of phosphoric ester groups is 1. The monoisotopic (exact) mass is 645 g/mol. The average molecular weight is 646 g/mol. The van der Waals surface area contributed by atoms with Crippen molar-refractivity contribution in [1.29, 1.82) is 0 Å². The normalized spacial score (nSPS) is 17.5. The van der Waals surface area contributed by atoms with Gasteiger partial charge in [0.1, 0.15) is 29.9 Å². The Morgan fingerprint density at radius 2 is 1.68 bits per heavy atom. The van der Waals surface area contributed by atoms with Crippen LogP contribution in [0.5, 0.6) is 5.75 Å². The van der Waals surface area contributed by atoms with E-state index in [-0.39, 0.29) is 25.1 Å². The summed E-state index contributed by atoms with van der Waals surface area (Å²) >= 11 is 0. The molecule has 44 heavy (non-hydrogen) atoms. The highest BCUT2D eigenvalue weighted by molar-refractivity contribution is 7.46. The van der Waals surface area contributed by atoms with Crippen molar-refractivity contribution in [1.82, 2.24) is 20.9 Å². The zero-order valence-electron chi connectivity index (χ0n) is 23.6. The molecule has 1 saturated heterocycles. The Morgan fingerprint density at radius 3 is 2.20 bits per heavy atom. The minimum Gasteiger partial charge on any atom is -0.481 e. The van der Waals surface area contributed by atoms with Crippen LogP contribution in [0.15, 0.2) is 24.3 Å². The molecular formula is C25H36N5O13P. The minimum atomic E-state index is -4.81. The first-order valence-electron chi connectivity index (χ1n) is 13.4. The second-order valence-electron chi connectivity index (χ2n) is 10.0. The predicted octanol–water partition coefficient (Wildman–Crippen LogP) is -2.57. The molecule has 4 amide bonds. The number of nitrogens with one attached hydrogen (secondary N) is 3. The smallest absolute Gasteiger partial charge is 0.481 e. The quantitative estimate of drug-likeness (QED) is 0.0836. The highest BCUT2D eigenvalue weighted by Gasteiger charge is 2.41. The number of nitrogens with zero attached hydrogens (tertiary/aromatic N) is 1. The summed E-state index contributed by atoms with van der Waals surface area (Å²) in [6, 6.07) is -0.374. The molecule has 19 heteroatoms. The molecule has 0 spiro atoms. The first-order chi connectivity index (χ1) is 20.5. The zero-order valence-corrected chi connectivity index (χ0v) is 24.5. The Balaban J connectivity index is 2.20. The topological polar surface area (TPSA) is 295 Å². The van der Waals surface area contributed by atoms with E-state index < -0.39 is 93.0 Å². The van der Waals surface area contributed by atoms with Gasteiger partial charge in [0, 0.05) is 19.4 Å². The summed E-state index contributed by atoms with van der Waals surface area (Å²) in [5.41, 5.74) is 5.77. The molecule has 10 N–H and O–H groups in total. The summed E-state index contributed by atoms with van der Waals surface area (Å²) in [5.74, 6) is -6.20. The molecule has 1 aliphatic heterocycles. The third-order valence-corrected chi connectivity index (χ3v) is 7.02. The van der Waals surface area contributed by atoms with Crippen LogP contribution >= 0.6 is 7.82 Å². The fraction of sp³-hybridized carbons (Fsp3) is 0.520. The van der Waals surface area contributed by atoms with E-state index in [1.54, 1.807) is 0 Å². The molecule has 1 heterocycles. The van der Waals surface area contributed by atoms with Crippen LogP contribution < -0.4 is 26.2 Å². The van der Waals surface area contributed by atoms with Gasteiger partial charge in [0.15, 0.2) is 0 Å². The zero-order chi connectivity index (χ0) is 33.2. The van der Waals surface area contributed by atoms with E-state index >= 15 is 0 Å². The van der Waals surface area contributed by atoms with Crippen LogP contribution in [0.4, 0.5) is 0 Å². The largest absolute Gasteiger partial charge is 0.524 e. The third-order valence-electron chi connectivity index (χ3n) is 6.57. The molecule has 1 fully saturated rings. The second-order valence-corrected chi connectivity index (χ2v) is 11.2. The van der Waals surface area contributed by atoms with E-state index in [1.807, 2.05) is 0 Å². The number of carboxylic acids is 2. The molecule has 1 aromatic rings. The molecule has 5 atom stereocenters. The van der Waals surface area contributed by atoms with Crippen LogP contribution in [-0.4, -0.2) is 109 Å². The number of carboxylic acid groups (broad SMARTS) is 2. The molecule has 0 bridgehead atoms. The van der Waals surface area contributed by atoms with E-state index in [2.05, 4.69) is 20.5 Å². The van der Waals surface area contributed by atoms with Gasteiger partial charge >= 0.3 is 19.8 Å². The molecule has 2 rings (SSSR count). The summed E-state index contributed by atoms with van der Waals surface area (Å²) in [4.78, 5) is 93.1. The number of rotatable bonds is 16. The van der Waals surface area contributed by atoms with Gasteiger partial charge in [-0.3, -0.25) is 33.8 Å². The van der Waals surface area contributed by atoms with Gasteiger partial charge in [-0.2, -0.15) is 0 Å². The van der Waals surface area contributed by atoms with Crippen LogP contribution in [0.1, 0.15) is 38.2 Å². The van der Waals surface area contributed by atoms with Gasteiger partial charge in [0.2, 0.25) is 23.6 Å². The van der Waals surface area contributed by atoms with Gasteiger partial charge in [0.05, 0.1) is 12.6 Å². The fourth-order valence-corrected chi connectivity index (χ4v) is 4.84. The fourth-order valence-electron chi connectivity index (χ4n) is 4.44. The summed E-state index contributed by atoms with van der Waals surface area (Å²) in [6.07, 6.45) is -2.08. The van der Waals surface area contributed by atoms with Crippen LogP contribution in [0, 0.1) is 0 Å². The number of aliphatic hydroxyl groups excluding tert-OH is 1. The highest BCUT2D eigenvalue weighted by Crippen LogP contribution is 2.37. The Hall–Kier alpha value is -4.09. The summed E-state index contributed by atoms with van der Waals surface area (Å²) in [7, 11) is -4.81. The lowest BCUT2D eigenvalue weighted by molar-refractivity contribution is -0.146. The van der Waals surface area contributed by atoms with E-state index in [9.17, 15) is 43.5 Å². The molecule has 244 valence electrons. The van der Waals surface area contributed by atoms with Crippen molar-refractivity contribution in [3.8, 4) is 5.75 Å². The molecule has 0 aromatic heterocycles. The first-order valence-corrected chi connectivity index (χ1v) is 14.9. The highest BCUT2D eigenvalue weighted by atomic mass is 31.2. The van der Waals surface area contributed by atoms with Gasteiger partial charge in [-0.15, -0.1) is 0 Å². The molecule has 0 unspecified atom stereocenters. The lowest BCUT2D eigenvalue weighted by Crippen LogP contribution is -2.60. The lowest BCUT2D eigenvalue weighted by Gasteiger charge is -2.31. The van der Waals surface area contributed by atoms with Crippen LogP contribution in [-0.2, 0) is 39.8 Å². The van der Waals surface area contributed by atoms with Crippen LogP contribution in [0.2, 0.25) is 0 Å². The Morgan fingerprint density at radius 1 is 1.05 bits per heavy atom. The third kappa shape index (κ3) is 11.2. The number of hydrogen-bond acceptors (Lipinski definition) is 10. The van der Waals surface area contributed by atoms with Crippen molar-refractivity contribution in [3.63, 3.8) is 0 Å². The van der Waals surface area contributed by atoms with E-state index in [1.165, 1.54) is 31.2 Å². The van der Waals surface area contributed by atoms with E-state index in [0.29, 0.717) is 12.0 Å². The summed E-state index contributed by atoms with van der Waals surface area (Å²) < 4.78 is 15.5. The van der Waals surface area contributed by atoms with E-state index in [0.717, 1.165) is 4.90 Å². The Bertz CT molecular complexity index is 1270. The van der Waals surface area contributed by atoms with E-state index in [4.69, 9.17) is 20.6 Å². The Kier molecular flexibility index (Phi) is 13.2. The standard InChI is InChI=1S/C25H36N5O13P/c1-13(31)21(24(37)30-10-2-3-18(30)23(36)28-16(25(38)39)8-9-20(33)34)29-22(35)17(27-19(32)12-26)11-14-4-6-15(7-5-14)43-44(40,41)42/h4-7,13,16-18,21,31H,2-3,8-12,26H2,1H3,(H,27,32)(H,28,36)(H,29,35)(H,33,34)(H,38,39)(H2,40,41,42)/t13-,16+,17+,18+,21+/m1/s1. The van der Waals surface area contributed by atoms with Gasteiger partial charge < -0.3 is 46.4 Å². The van der Waals surface area contributed by atoms with Crippen molar-refractivity contribution in [2.24, 2.45) is 5.73 Å². The molecule has 1 aliphatic rings. The average Bonchev–Trinajstić information content (AvgIpc) is 3.43.